The number of nitrogens with one attached hydrogen (secondary N) is 1. The molecule has 1 fully saturated rings. The molecule has 2 rings (SSSR count). The van der Waals surface area contributed by atoms with Crippen molar-refractivity contribution in [3.8, 4) is 5.75 Å². The predicted molar refractivity (Wildman–Crippen MR) is 75.1 cm³/mol. The number of hydrogen-bond acceptors (Lipinski definition) is 3. The molecule has 0 saturated heterocycles. The number of rotatable bonds is 5. The van der Waals surface area contributed by atoms with Crippen LogP contribution in [-0.2, 0) is 0 Å². The molecule has 1 aromatic carbocycles. The SMILES string of the molecule is CNCC1(C(N)c2ccc(OC)cc2Cl)CCC1. The molecule has 1 saturated carbocycles. The van der Waals surface area contributed by atoms with Gasteiger partial charge in [-0.1, -0.05) is 24.1 Å². The third-order valence-electron chi connectivity index (χ3n) is 4.08. The zero-order chi connectivity index (χ0) is 13.2. The van der Waals surface area contributed by atoms with Crippen molar-refractivity contribution < 1.29 is 4.74 Å². The Morgan fingerprint density at radius 3 is 2.67 bits per heavy atom. The van der Waals surface area contributed by atoms with Crippen molar-refractivity contribution in [2.24, 2.45) is 11.1 Å². The van der Waals surface area contributed by atoms with Crippen molar-refractivity contribution >= 4 is 11.6 Å². The van der Waals surface area contributed by atoms with Crippen LogP contribution < -0.4 is 15.8 Å². The average molecular weight is 269 g/mol. The van der Waals surface area contributed by atoms with Gasteiger partial charge in [0.25, 0.3) is 0 Å². The fourth-order valence-electron chi connectivity index (χ4n) is 2.80. The van der Waals surface area contributed by atoms with E-state index in [0.717, 1.165) is 30.7 Å². The Hall–Kier alpha value is -0.770. The first-order valence-corrected chi connectivity index (χ1v) is 6.74. The fourth-order valence-corrected chi connectivity index (χ4v) is 3.09. The first kappa shape index (κ1) is 13.7. The first-order chi connectivity index (χ1) is 8.63. The molecule has 3 N–H and O–H groups in total. The van der Waals surface area contributed by atoms with Crippen LogP contribution in [0.25, 0.3) is 0 Å². The van der Waals surface area contributed by atoms with Gasteiger partial charge in [0.2, 0.25) is 0 Å². The summed E-state index contributed by atoms with van der Waals surface area (Å²) < 4.78 is 5.17. The maximum absolute atomic E-state index is 6.45. The average Bonchev–Trinajstić information content (AvgIpc) is 2.32. The van der Waals surface area contributed by atoms with Crippen LogP contribution in [0.3, 0.4) is 0 Å². The minimum absolute atomic E-state index is 0.0166. The van der Waals surface area contributed by atoms with Crippen LogP contribution in [-0.4, -0.2) is 20.7 Å². The number of halogens is 1. The summed E-state index contributed by atoms with van der Waals surface area (Å²) in [6.45, 7) is 0.941. The van der Waals surface area contributed by atoms with Crippen LogP contribution in [0, 0.1) is 5.41 Å². The third-order valence-corrected chi connectivity index (χ3v) is 4.41. The second-order valence-corrected chi connectivity index (χ2v) is 5.52. The van der Waals surface area contributed by atoms with Gasteiger partial charge in [-0.25, -0.2) is 0 Å². The van der Waals surface area contributed by atoms with Crippen molar-refractivity contribution in [3.63, 3.8) is 0 Å². The Kier molecular flexibility index (Phi) is 4.15. The Bertz CT molecular complexity index is 418. The van der Waals surface area contributed by atoms with Gasteiger partial charge in [-0.3, -0.25) is 0 Å². The van der Waals surface area contributed by atoms with Gasteiger partial charge in [0.1, 0.15) is 5.75 Å². The number of nitrogens with two attached hydrogens (primary N) is 1. The van der Waals surface area contributed by atoms with Crippen molar-refractivity contribution in [1.82, 2.24) is 5.32 Å². The van der Waals surface area contributed by atoms with E-state index >= 15 is 0 Å². The summed E-state index contributed by atoms with van der Waals surface area (Å²) in [7, 11) is 3.61. The molecule has 0 radical (unpaired) electrons. The highest BCUT2D eigenvalue weighted by Gasteiger charge is 2.42. The van der Waals surface area contributed by atoms with Crippen molar-refractivity contribution in [2.75, 3.05) is 20.7 Å². The Morgan fingerprint density at radius 1 is 1.50 bits per heavy atom. The molecule has 1 aliphatic rings. The van der Waals surface area contributed by atoms with E-state index in [1.165, 1.54) is 6.42 Å². The van der Waals surface area contributed by atoms with Crippen molar-refractivity contribution in [2.45, 2.75) is 25.3 Å². The topological polar surface area (TPSA) is 47.3 Å². The van der Waals surface area contributed by atoms with E-state index in [2.05, 4.69) is 5.32 Å². The van der Waals surface area contributed by atoms with Gasteiger partial charge in [-0.2, -0.15) is 0 Å². The van der Waals surface area contributed by atoms with Crippen LogP contribution in [0.15, 0.2) is 18.2 Å². The smallest absolute Gasteiger partial charge is 0.120 e. The van der Waals surface area contributed by atoms with Gasteiger partial charge in [-0.15, -0.1) is 0 Å². The largest absolute Gasteiger partial charge is 0.497 e. The monoisotopic (exact) mass is 268 g/mol. The number of ether oxygens (including phenoxy) is 1. The zero-order valence-corrected chi connectivity index (χ0v) is 11.8. The fraction of sp³-hybridized carbons (Fsp3) is 0.571. The number of hydrogen-bond donors (Lipinski definition) is 2. The number of methoxy groups -OCH3 is 1. The van der Waals surface area contributed by atoms with Crippen LogP contribution in [0.1, 0.15) is 30.9 Å². The molecule has 1 aromatic rings. The van der Waals surface area contributed by atoms with E-state index in [1.54, 1.807) is 7.11 Å². The van der Waals surface area contributed by atoms with Gasteiger partial charge in [0, 0.05) is 23.0 Å². The van der Waals surface area contributed by atoms with Crippen LogP contribution in [0.5, 0.6) is 5.75 Å². The molecule has 1 unspecified atom stereocenters. The zero-order valence-electron chi connectivity index (χ0n) is 11.0. The molecular weight excluding hydrogens is 248 g/mol. The Morgan fingerprint density at radius 2 is 2.22 bits per heavy atom. The summed E-state index contributed by atoms with van der Waals surface area (Å²) in [6.07, 6.45) is 3.58. The molecule has 1 aliphatic carbocycles. The van der Waals surface area contributed by atoms with Gasteiger partial charge in [0.05, 0.1) is 7.11 Å². The van der Waals surface area contributed by atoms with Crippen LogP contribution >= 0.6 is 11.6 Å². The Labute approximate surface area is 114 Å². The molecule has 18 heavy (non-hydrogen) atoms. The van der Waals surface area contributed by atoms with E-state index in [0.29, 0.717) is 5.02 Å². The lowest BCUT2D eigenvalue weighted by atomic mass is 9.62. The molecule has 0 bridgehead atoms. The summed E-state index contributed by atoms with van der Waals surface area (Å²) in [6, 6.07) is 5.73. The van der Waals surface area contributed by atoms with Gasteiger partial charge in [0.15, 0.2) is 0 Å². The minimum atomic E-state index is -0.0166. The maximum atomic E-state index is 6.45. The normalized spacial score (nSPS) is 19.1. The second kappa shape index (κ2) is 5.47. The Balaban J connectivity index is 2.25. The van der Waals surface area contributed by atoms with Gasteiger partial charge in [-0.05, 0) is 37.6 Å². The van der Waals surface area contributed by atoms with Crippen LogP contribution in [0.4, 0.5) is 0 Å². The second-order valence-electron chi connectivity index (χ2n) is 5.11. The lowest BCUT2D eigenvalue weighted by Gasteiger charge is -2.46. The molecule has 0 spiro atoms. The lowest BCUT2D eigenvalue weighted by Crippen LogP contribution is -2.47. The van der Waals surface area contributed by atoms with E-state index in [9.17, 15) is 0 Å². The highest BCUT2D eigenvalue weighted by atomic mass is 35.5. The standard InChI is InChI=1S/C14H21ClN2O/c1-17-9-14(6-3-7-14)13(16)11-5-4-10(18-2)8-12(11)15/h4-5,8,13,17H,3,6-7,9,16H2,1-2H3. The van der Waals surface area contributed by atoms with Crippen molar-refractivity contribution in [3.05, 3.63) is 28.8 Å². The van der Waals surface area contributed by atoms with E-state index in [4.69, 9.17) is 22.1 Å². The van der Waals surface area contributed by atoms with E-state index < -0.39 is 0 Å². The molecule has 1 atom stereocenters. The van der Waals surface area contributed by atoms with Crippen LogP contribution in [0.2, 0.25) is 5.02 Å². The highest BCUT2D eigenvalue weighted by Crippen LogP contribution is 2.49. The van der Waals surface area contributed by atoms with Gasteiger partial charge < -0.3 is 15.8 Å². The third kappa shape index (κ3) is 2.35. The number of benzene rings is 1. The summed E-state index contributed by atoms with van der Waals surface area (Å²) in [5.74, 6) is 0.771. The summed E-state index contributed by atoms with van der Waals surface area (Å²) >= 11 is 6.31. The molecular formula is C14H21ClN2O. The van der Waals surface area contributed by atoms with E-state index in [-0.39, 0.29) is 11.5 Å². The lowest BCUT2D eigenvalue weighted by molar-refractivity contribution is 0.0947. The molecule has 4 heteroatoms. The summed E-state index contributed by atoms with van der Waals surface area (Å²) in [4.78, 5) is 0. The molecule has 0 amide bonds. The summed E-state index contributed by atoms with van der Waals surface area (Å²) in [5.41, 5.74) is 7.63. The molecule has 0 aliphatic heterocycles. The summed E-state index contributed by atoms with van der Waals surface area (Å²) in [5, 5.41) is 3.95. The quantitative estimate of drug-likeness (QED) is 0.863. The molecule has 3 nitrogen and oxygen atoms in total. The molecule has 100 valence electrons. The first-order valence-electron chi connectivity index (χ1n) is 6.36. The minimum Gasteiger partial charge on any atom is -0.497 e. The van der Waals surface area contributed by atoms with Gasteiger partial charge >= 0.3 is 0 Å². The van der Waals surface area contributed by atoms with E-state index in [1.807, 2.05) is 25.2 Å². The maximum Gasteiger partial charge on any atom is 0.120 e. The molecule has 0 heterocycles. The molecule has 0 aromatic heterocycles. The van der Waals surface area contributed by atoms with Crippen molar-refractivity contribution in [1.29, 1.82) is 0 Å². The highest BCUT2D eigenvalue weighted by molar-refractivity contribution is 6.31. The predicted octanol–water partition coefficient (Wildman–Crippen LogP) is 2.74.